The number of nitrogens with zero attached hydrogens (tertiary/aromatic N) is 1. The van der Waals surface area contributed by atoms with Crippen LogP contribution < -0.4 is 4.90 Å². The number of carboxylic acids is 1. The van der Waals surface area contributed by atoms with Crippen LogP contribution in [0.3, 0.4) is 0 Å². The van der Waals surface area contributed by atoms with Gasteiger partial charge in [0.25, 0.3) is 0 Å². The summed E-state index contributed by atoms with van der Waals surface area (Å²) in [5.74, 6) is -0.867. The molecule has 1 aliphatic carbocycles. The third kappa shape index (κ3) is 2.79. The van der Waals surface area contributed by atoms with Crippen LogP contribution in [-0.4, -0.2) is 17.1 Å². The second-order valence-electron chi connectivity index (χ2n) is 4.79. The quantitative estimate of drug-likeness (QED) is 0.904. The molecular weight excluding hydrogens is 258 g/mol. The zero-order valence-corrected chi connectivity index (χ0v) is 11.3. The van der Waals surface area contributed by atoms with Crippen LogP contribution in [0, 0.1) is 0 Å². The Labute approximate surface area is 116 Å². The number of thiophene rings is 1. The van der Waals surface area contributed by atoms with Crippen molar-refractivity contribution in [2.45, 2.75) is 25.4 Å². The highest BCUT2D eigenvalue weighted by Crippen LogP contribution is 2.34. The Morgan fingerprint density at radius 1 is 1.32 bits per heavy atom. The van der Waals surface area contributed by atoms with Crippen LogP contribution in [-0.2, 0) is 6.54 Å². The zero-order chi connectivity index (χ0) is 13.2. The van der Waals surface area contributed by atoms with E-state index in [0.717, 1.165) is 12.2 Å². The summed E-state index contributed by atoms with van der Waals surface area (Å²) in [4.78, 5) is 14.7. The maximum absolute atomic E-state index is 11.1. The first-order valence-corrected chi connectivity index (χ1v) is 7.24. The van der Waals surface area contributed by atoms with E-state index in [2.05, 4.69) is 22.4 Å². The molecule has 3 rings (SSSR count). The van der Waals surface area contributed by atoms with Crippen molar-refractivity contribution >= 4 is 23.0 Å². The lowest BCUT2D eigenvalue weighted by Crippen LogP contribution is -2.24. The normalized spacial score (nSPS) is 14.3. The smallest absolute Gasteiger partial charge is 0.335 e. The van der Waals surface area contributed by atoms with Crippen LogP contribution in [0.4, 0.5) is 5.69 Å². The maximum Gasteiger partial charge on any atom is 0.335 e. The van der Waals surface area contributed by atoms with Gasteiger partial charge in [-0.3, -0.25) is 0 Å². The summed E-state index contributed by atoms with van der Waals surface area (Å²) in [6.45, 7) is 0.866. The summed E-state index contributed by atoms with van der Waals surface area (Å²) < 4.78 is 0. The van der Waals surface area contributed by atoms with Gasteiger partial charge >= 0.3 is 5.97 Å². The van der Waals surface area contributed by atoms with Crippen molar-refractivity contribution in [1.29, 1.82) is 0 Å². The van der Waals surface area contributed by atoms with E-state index >= 15 is 0 Å². The highest BCUT2D eigenvalue weighted by molar-refractivity contribution is 7.09. The minimum Gasteiger partial charge on any atom is -0.478 e. The number of carboxylic acid groups (broad SMARTS) is 1. The van der Waals surface area contributed by atoms with Gasteiger partial charge in [0.05, 0.1) is 12.1 Å². The summed E-state index contributed by atoms with van der Waals surface area (Å²) in [5.41, 5.74) is 1.37. The average molecular weight is 273 g/mol. The molecule has 0 bridgehead atoms. The minimum absolute atomic E-state index is 0.356. The van der Waals surface area contributed by atoms with Crippen LogP contribution in [0.25, 0.3) is 0 Å². The number of rotatable bonds is 5. The van der Waals surface area contributed by atoms with Crippen molar-refractivity contribution in [3.05, 3.63) is 52.2 Å². The van der Waals surface area contributed by atoms with Crippen LogP contribution in [0.5, 0.6) is 0 Å². The Hall–Kier alpha value is -1.81. The minimum atomic E-state index is -0.867. The van der Waals surface area contributed by atoms with Crippen molar-refractivity contribution in [3.8, 4) is 0 Å². The van der Waals surface area contributed by atoms with Crippen molar-refractivity contribution in [3.63, 3.8) is 0 Å². The van der Waals surface area contributed by atoms with Gasteiger partial charge in [-0.1, -0.05) is 12.1 Å². The summed E-state index contributed by atoms with van der Waals surface area (Å²) in [7, 11) is 0. The molecule has 1 aliphatic rings. The molecule has 0 amide bonds. The van der Waals surface area contributed by atoms with E-state index in [-0.39, 0.29) is 0 Å². The molecule has 0 atom stereocenters. The average Bonchev–Trinajstić information content (AvgIpc) is 3.13. The van der Waals surface area contributed by atoms with Crippen molar-refractivity contribution in [2.24, 2.45) is 0 Å². The van der Waals surface area contributed by atoms with E-state index in [9.17, 15) is 4.79 Å². The van der Waals surface area contributed by atoms with Crippen LogP contribution in [0.15, 0.2) is 41.8 Å². The topological polar surface area (TPSA) is 40.5 Å². The monoisotopic (exact) mass is 273 g/mol. The second-order valence-corrected chi connectivity index (χ2v) is 5.83. The fourth-order valence-corrected chi connectivity index (χ4v) is 2.91. The predicted octanol–water partition coefficient (Wildman–Crippen LogP) is 3.62. The fraction of sp³-hybridized carbons (Fsp3) is 0.267. The first-order valence-electron chi connectivity index (χ1n) is 6.36. The van der Waals surface area contributed by atoms with Crippen molar-refractivity contribution in [1.82, 2.24) is 0 Å². The number of carbonyl (C=O) groups is 1. The van der Waals surface area contributed by atoms with Gasteiger partial charge in [0, 0.05) is 16.6 Å². The molecule has 0 spiro atoms. The maximum atomic E-state index is 11.1. The zero-order valence-electron chi connectivity index (χ0n) is 10.5. The molecule has 1 aromatic carbocycles. The summed E-state index contributed by atoms with van der Waals surface area (Å²) in [6.07, 6.45) is 2.39. The van der Waals surface area contributed by atoms with Gasteiger partial charge in [-0.15, -0.1) is 11.3 Å². The van der Waals surface area contributed by atoms with Gasteiger partial charge in [-0.05, 0) is 42.5 Å². The Morgan fingerprint density at radius 2 is 2.16 bits per heavy atom. The summed E-state index contributed by atoms with van der Waals surface area (Å²) in [5, 5.41) is 11.2. The molecule has 0 radical (unpaired) electrons. The van der Waals surface area contributed by atoms with E-state index in [1.54, 1.807) is 23.5 Å². The number of benzene rings is 1. The third-order valence-corrected chi connectivity index (χ3v) is 4.18. The van der Waals surface area contributed by atoms with E-state index in [4.69, 9.17) is 5.11 Å². The third-order valence-electron chi connectivity index (χ3n) is 3.32. The summed E-state index contributed by atoms with van der Waals surface area (Å²) in [6, 6.07) is 12.0. The van der Waals surface area contributed by atoms with Gasteiger partial charge in [0.2, 0.25) is 0 Å². The SMILES string of the molecule is O=C(O)c1cccc(N(Cc2cccs2)C2CC2)c1. The number of hydrogen-bond donors (Lipinski definition) is 1. The molecule has 0 unspecified atom stereocenters. The Morgan fingerprint density at radius 3 is 2.79 bits per heavy atom. The molecular formula is C15H15NO2S. The van der Waals surface area contributed by atoms with Crippen molar-refractivity contribution in [2.75, 3.05) is 4.90 Å². The van der Waals surface area contributed by atoms with Crippen LogP contribution in [0.1, 0.15) is 28.1 Å². The number of anilines is 1. The predicted molar refractivity (Wildman–Crippen MR) is 76.9 cm³/mol. The van der Waals surface area contributed by atoms with E-state index in [1.807, 2.05) is 12.1 Å². The molecule has 4 heteroatoms. The Bertz CT molecular complexity index is 576. The lowest BCUT2D eigenvalue weighted by Gasteiger charge is -2.24. The van der Waals surface area contributed by atoms with E-state index in [0.29, 0.717) is 11.6 Å². The lowest BCUT2D eigenvalue weighted by atomic mass is 10.2. The number of hydrogen-bond acceptors (Lipinski definition) is 3. The molecule has 98 valence electrons. The van der Waals surface area contributed by atoms with Gasteiger partial charge < -0.3 is 10.0 Å². The van der Waals surface area contributed by atoms with Crippen LogP contribution >= 0.6 is 11.3 Å². The van der Waals surface area contributed by atoms with Gasteiger partial charge in [0.1, 0.15) is 0 Å². The molecule has 2 aromatic rings. The largest absolute Gasteiger partial charge is 0.478 e. The molecule has 1 saturated carbocycles. The Balaban J connectivity index is 1.87. The van der Waals surface area contributed by atoms with Crippen LogP contribution in [0.2, 0.25) is 0 Å². The van der Waals surface area contributed by atoms with Crippen molar-refractivity contribution < 1.29 is 9.90 Å². The van der Waals surface area contributed by atoms with Gasteiger partial charge in [0.15, 0.2) is 0 Å². The molecule has 1 N–H and O–H groups in total. The van der Waals surface area contributed by atoms with Gasteiger partial charge in [-0.25, -0.2) is 4.79 Å². The molecule has 1 heterocycles. The number of aromatic carboxylic acids is 1. The lowest BCUT2D eigenvalue weighted by molar-refractivity contribution is 0.0697. The molecule has 19 heavy (non-hydrogen) atoms. The molecule has 0 saturated heterocycles. The highest BCUT2D eigenvalue weighted by atomic mass is 32.1. The standard InChI is InChI=1S/C15H15NO2S/c17-15(18)11-3-1-4-13(9-11)16(12-6-7-12)10-14-5-2-8-19-14/h1-5,8-9,12H,6-7,10H2,(H,17,18). The molecule has 1 fully saturated rings. The molecule has 0 aliphatic heterocycles. The first-order chi connectivity index (χ1) is 9.24. The highest BCUT2D eigenvalue weighted by Gasteiger charge is 2.29. The van der Waals surface area contributed by atoms with E-state index in [1.165, 1.54) is 17.7 Å². The fourth-order valence-electron chi connectivity index (χ4n) is 2.21. The first kappa shape index (κ1) is 12.2. The Kier molecular flexibility index (Phi) is 3.25. The molecule has 1 aromatic heterocycles. The summed E-state index contributed by atoms with van der Waals surface area (Å²) >= 11 is 1.74. The van der Waals surface area contributed by atoms with E-state index < -0.39 is 5.97 Å². The second kappa shape index (κ2) is 5.05. The van der Waals surface area contributed by atoms with Gasteiger partial charge in [-0.2, -0.15) is 0 Å². The molecule has 3 nitrogen and oxygen atoms in total.